The van der Waals surface area contributed by atoms with Crippen molar-refractivity contribution in [3.8, 4) is 0 Å². The van der Waals surface area contributed by atoms with E-state index in [0.717, 1.165) is 18.4 Å². The van der Waals surface area contributed by atoms with E-state index in [1.807, 2.05) is 0 Å². The summed E-state index contributed by atoms with van der Waals surface area (Å²) in [7, 11) is 0. The maximum Gasteiger partial charge on any atom is 0.192 e. The highest BCUT2D eigenvalue weighted by atomic mass is 15.3. The van der Waals surface area contributed by atoms with Gasteiger partial charge in [-0.3, -0.25) is 0 Å². The molecule has 25 heavy (non-hydrogen) atoms. The molecule has 2 aromatic carbocycles. The van der Waals surface area contributed by atoms with Crippen molar-refractivity contribution in [3.63, 3.8) is 0 Å². The average molecular weight is 333 g/mol. The molecule has 2 atom stereocenters. The fraction of sp³-hybridized carbons (Fsp3) is 0.409. The second-order valence-electron chi connectivity index (χ2n) is 7.25. The van der Waals surface area contributed by atoms with Crippen molar-refractivity contribution in [2.75, 3.05) is 6.54 Å². The van der Waals surface area contributed by atoms with E-state index in [1.165, 1.54) is 43.2 Å². The van der Waals surface area contributed by atoms with Gasteiger partial charge in [0, 0.05) is 6.54 Å². The molecule has 2 aromatic rings. The molecule has 1 aliphatic carbocycles. The second-order valence-corrected chi connectivity index (χ2v) is 7.25. The highest BCUT2D eigenvalue weighted by Gasteiger charge is 2.31. The summed E-state index contributed by atoms with van der Waals surface area (Å²) in [5.41, 5.74) is 2.55. The lowest BCUT2D eigenvalue weighted by molar-refractivity contribution is 0.356. The molecule has 2 aliphatic rings. The Bertz CT molecular complexity index is 690. The molecule has 0 radical (unpaired) electrons. The predicted molar refractivity (Wildman–Crippen MR) is 104 cm³/mol. The molecule has 0 spiro atoms. The van der Waals surface area contributed by atoms with Gasteiger partial charge in [-0.2, -0.15) is 0 Å². The number of aliphatic imine (C=N–C) groups is 1. The Labute approximate surface area is 150 Å². The third kappa shape index (κ3) is 3.87. The van der Waals surface area contributed by atoms with Crippen LogP contribution in [0, 0.1) is 5.92 Å². The van der Waals surface area contributed by atoms with Crippen molar-refractivity contribution in [3.05, 3.63) is 71.8 Å². The number of nitrogens with one attached hydrogen (secondary N) is 2. The van der Waals surface area contributed by atoms with Gasteiger partial charge in [0.25, 0.3) is 0 Å². The highest BCUT2D eigenvalue weighted by Crippen LogP contribution is 2.35. The molecule has 3 nitrogen and oxygen atoms in total. The first-order valence-electron chi connectivity index (χ1n) is 9.58. The van der Waals surface area contributed by atoms with E-state index in [4.69, 9.17) is 4.99 Å². The molecule has 0 bridgehead atoms. The summed E-state index contributed by atoms with van der Waals surface area (Å²) in [6.07, 6.45) is 6.87. The molecular weight excluding hydrogens is 306 g/mol. The van der Waals surface area contributed by atoms with E-state index in [-0.39, 0.29) is 12.1 Å². The predicted octanol–water partition coefficient (Wildman–Crippen LogP) is 4.60. The fourth-order valence-electron chi connectivity index (χ4n) is 4.05. The first kappa shape index (κ1) is 16.2. The Hall–Kier alpha value is -2.29. The van der Waals surface area contributed by atoms with Crippen LogP contribution in [0.25, 0.3) is 0 Å². The summed E-state index contributed by atoms with van der Waals surface area (Å²) in [6, 6.07) is 21.6. The Morgan fingerprint density at radius 3 is 2.16 bits per heavy atom. The Morgan fingerprint density at radius 2 is 1.48 bits per heavy atom. The molecule has 0 amide bonds. The van der Waals surface area contributed by atoms with Crippen LogP contribution in [-0.2, 0) is 0 Å². The summed E-state index contributed by atoms with van der Waals surface area (Å²) in [5.74, 6) is 1.75. The molecule has 130 valence electrons. The molecular formula is C22H27N3. The van der Waals surface area contributed by atoms with E-state index in [9.17, 15) is 0 Å². The van der Waals surface area contributed by atoms with E-state index in [2.05, 4.69) is 71.3 Å². The van der Waals surface area contributed by atoms with Crippen molar-refractivity contribution in [1.29, 1.82) is 0 Å². The highest BCUT2D eigenvalue weighted by molar-refractivity contribution is 5.82. The minimum atomic E-state index is 0.123. The number of hydrogen-bond acceptors (Lipinski definition) is 3. The van der Waals surface area contributed by atoms with Gasteiger partial charge in [-0.25, -0.2) is 4.99 Å². The van der Waals surface area contributed by atoms with E-state index in [1.54, 1.807) is 0 Å². The SMILES string of the molecule is c1ccc([C@H]2N=C(NCC3CCCCC3)N[C@H]2c2ccccc2)cc1. The zero-order valence-electron chi connectivity index (χ0n) is 14.7. The first-order valence-corrected chi connectivity index (χ1v) is 9.58. The molecule has 0 unspecified atom stereocenters. The Kier molecular flexibility index (Phi) is 5.01. The van der Waals surface area contributed by atoms with Gasteiger partial charge in [-0.1, -0.05) is 79.9 Å². The summed E-state index contributed by atoms with van der Waals surface area (Å²) in [4.78, 5) is 4.99. The van der Waals surface area contributed by atoms with Crippen molar-refractivity contribution in [2.45, 2.75) is 44.2 Å². The van der Waals surface area contributed by atoms with Crippen LogP contribution < -0.4 is 10.6 Å². The molecule has 2 N–H and O–H groups in total. The molecule has 1 fully saturated rings. The Balaban J connectivity index is 1.50. The molecule has 4 rings (SSSR count). The number of benzene rings is 2. The monoisotopic (exact) mass is 333 g/mol. The van der Waals surface area contributed by atoms with Gasteiger partial charge in [0.05, 0.1) is 6.04 Å². The molecule has 1 saturated carbocycles. The molecule has 1 heterocycles. The normalized spacial score (nSPS) is 23.8. The van der Waals surface area contributed by atoms with Gasteiger partial charge in [0.1, 0.15) is 6.04 Å². The van der Waals surface area contributed by atoms with Crippen LogP contribution in [0.3, 0.4) is 0 Å². The molecule has 3 heteroatoms. The zero-order valence-corrected chi connectivity index (χ0v) is 14.7. The second kappa shape index (κ2) is 7.73. The Morgan fingerprint density at radius 1 is 0.840 bits per heavy atom. The number of rotatable bonds is 4. The third-order valence-corrected chi connectivity index (χ3v) is 5.46. The summed E-state index contributed by atoms with van der Waals surface area (Å²) < 4.78 is 0. The molecule has 0 saturated heterocycles. The van der Waals surface area contributed by atoms with Crippen LogP contribution in [0.4, 0.5) is 0 Å². The van der Waals surface area contributed by atoms with E-state index < -0.39 is 0 Å². The summed E-state index contributed by atoms with van der Waals surface area (Å²) >= 11 is 0. The van der Waals surface area contributed by atoms with Crippen LogP contribution >= 0.6 is 0 Å². The first-order chi connectivity index (χ1) is 12.4. The van der Waals surface area contributed by atoms with Gasteiger partial charge in [0.15, 0.2) is 5.96 Å². The quantitative estimate of drug-likeness (QED) is 0.858. The maximum absolute atomic E-state index is 4.99. The van der Waals surface area contributed by atoms with Crippen LogP contribution in [0.5, 0.6) is 0 Å². The molecule has 1 aliphatic heterocycles. The number of guanidine groups is 1. The standard InChI is InChI=1S/C22H27N3/c1-4-10-17(11-5-1)16-23-22-24-20(18-12-6-2-7-13-18)21(25-22)19-14-8-3-9-15-19/h2-3,6-9,12-15,17,20-21H,1,4-5,10-11,16H2,(H2,23,24,25)/t20-,21+. The van der Waals surface area contributed by atoms with Gasteiger partial charge < -0.3 is 10.6 Å². The van der Waals surface area contributed by atoms with Crippen molar-refractivity contribution in [1.82, 2.24) is 10.6 Å². The van der Waals surface area contributed by atoms with Gasteiger partial charge in [0.2, 0.25) is 0 Å². The largest absolute Gasteiger partial charge is 0.356 e. The van der Waals surface area contributed by atoms with Crippen molar-refractivity contribution in [2.24, 2.45) is 10.9 Å². The lowest BCUT2D eigenvalue weighted by atomic mass is 9.89. The third-order valence-electron chi connectivity index (χ3n) is 5.46. The number of nitrogens with zero attached hydrogens (tertiary/aromatic N) is 1. The topological polar surface area (TPSA) is 36.4 Å². The van der Waals surface area contributed by atoms with Gasteiger partial charge >= 0.3 is 0 Å². The van der Waals surface area contributed by atoms with Crippen molar-refractivity contribution >= 4 is 5.96 Å². The van der Waals surface area contributed by atoms with Gasteiger partial charge in [-0.15, -0.1) is 0 Å². The summed E-state index contributed by atoms with van der Waals surface area (Å²) in [6.45, 7) is 1.04. The van der Waals surface area contributed by atoms with E-state index in [0.29, 0.717) is 0 Å². The van der Waals surface area contributed by atoms with Crippen molar-refractivity contribution < 1.29 is 0 Å². The zero-order chi connectivity index (χ0) is 16.9. The molecule has 0 aromatic heterocycles. The average Bonchev–Trinajstić information content (AvgIpc) is 3.13. The minimum Gasteiger partial charge on any atom is -0.356 e. The van der Waals surface area contributed by atoms with Crippen LogP contribution in [0.2, 0.25) is 0 Å². The lowest BCUT2D eigenvalue weighted by Gasteiger charge is -2.23. The summed E-state index contributed by atoms with van der Waals surface area (Å²) in [5, 5.41) is 7.22. The van der Waals surface area contributed by atoms with Crippen LogP contribution in [-0.4, -0.2) is 12.5 Å². The van der Waals surface area contributed by atoms with Gasteiger partial charge in [-0.05, 0) is 29.9 Å². The van der Waals surface area contributed by atoms with E-state index >= 15 is 0 Å². The number of hydrogen-bond donors (Lipinski definition) is 2. The minimum absolute atomic E-state index is 0.123. The lowest BCUT2D eigenvalue weighted by Crippen LogP contribution is -2.38. The van der Waals surface area contributed by atoms with Crippen LogP contribution in [0.1, 0.15) is 55.3 Å². The maximum atomic E-state index is 4.99. The van der Waals surface area contributed by atoms with Crippen LogP contribution in [0.15, 0.2) is 65.7 Å². The fourth-order valence-corrected chi connectivity index (χ4v) is 4.05. The smallest absolute Gasteiger partial charge is 0.192 e.